The van der Waals surface area contributed by atoms with Crippen molar-refractivity contribution in [2.75, 3.05) is 13.1 Å². The molecular formula is C11H22N2O. The van der Waals surface area contributed by atoms with Gasteiger partial charge >= 0.3 is 0 Å². The topological polar surface area (TPSA) is 55.1 Å². The third-order valence-electron chi connectivity index (χ3n) is 2.08. The van der Waals surface area contributed by atoms with E-state index >= 15 is 0 Å². The Morgan fingerprint density at radius 1 is 1.50 bits per heavy atom. The van der Waals surface area contributed by atoms with Crippen molar-refractivity contribution in [1.29, 1.82) is 0 Å². The van der Waals surface area contributed by atoms with Gasteiger partial charge in [-0.25, -0.2) is 0 Å². The zero-order valence-electron chi connectivity index (χ0n) is 9.47. The SMILES string of the molecule is CC(C)=CCNC(=O)CCC(C)CN. The van der Waals surface area contributed by atoms with Crippen LogP contribution in [-0.4, -0.2) is 19.0 Å². The van der Waals surface area contributed by atoms with Crippen molar-refractivity contribution >= 4 is 5.91 Å². The van der Waals surface area contributed by atoms with Gasteiger partial charge < -0.3 is 11.1 Å². The van der Waals surface area contributed by atoms with E-state index in [0.717, 1.165) is 6.42 Å². The molecule has 0 fully saturated rings. The Hall–Kier alpha value is -0.830. The number of nitrogens with two attached hydrogens (primary N) is 1. The smallest absolute Gasteiger partial charge is 0.220 e. The maximum atomic E-state index is 11.3. The highest BCUT2D eigenvalue weighted by atomic mass is 16.1. The minimum Gasteiger partial charge on any atom is -0.353 e. The number of amides is 1. The normalized spacial score (nSPS) is 12.0. The number of hydrogen-bond acceptors (Lipinski definition) is 2. The van der Waals surface area contributed by atoms with Gasteiger partial charge in [-0.2, -0.15) is 0 Å². The summed E-state index contributed by atoms with van der Waals surface area (Å²) in [6.45, 7) is 7.38. The van der Waals surface area contributed by atoms with E-state index in [9.17, 15) is 4.79 Å². The van der Waals surface area contributed by atoms with Gasteiger partial charge in [0.2, 0.25) is 5.91 Å². The molecule has 0 saturated carbocycles. The Balaban J connectivity index is 3.51. The standard InChI is InChI=1S/C11H22N2O/c1-9(2)6-7-13-11(14)5-4-10(3)8-12/h6,10H,4-5,7-8,12H2,1-3H3,(H,13,14). The number of carbonyl (C=O) groups excluding carboxylic acids is 1. The van der Waals surface area contributed by atoms with Gasteiger partial charge in [0.25, 0.3) is 0 Å². The largest absolute Gasteiger partial charge is 0.353 e. The number of nitrogens with one attached hydrogen (secondary N) is 1. The molecule has 0 spiro atoms. The molecule has 82 valence electrons. The van der Waals surface area contributed by atoms with Crippen molar-refractivity contribution in [2.45, 2.75) is 33.6 Å². The Labute approximate surface area is 86.8 Å². The van der Waals surface area contributed by atoms with Crippen LogP contribution < -0.4 is 11.1 Å². The van der Waals surface area contributed by atoms with Crippen LogP contribution in [0.3, 0.4) is 0 Å². The molecule has 1 atom stereocenters. The van der Waals surface area contributed by atoms with Crippen molar-refractivity contribution in [3.05, 3.63) is 11.6 Å². The molecule has 0 aliphatic rings. The predicted octanol–water partition coefficient (Wildman–Crippen LogP) is 1.44. The van der Waals surface area contributed by atoms with Crippen molar-refractivity contribution < 1.29 is 4.79 Å². The second kappa shape index (κ2) is 7.56. The minimum atomic E-state index is 0.114. The van der Waals surface area contributed by atoms with E-state index < -0.39 is 0 Å². The Kier molecular flexibility index (Phi) is 7.11. The molecule has 3 nitrogen and oxygen atoms in total. The lowest BCUT2D eigenvalue weighted by Crippen LogP contribution is -2.24. The van der Waals surface area contributed by atoms with E-state index in [1.54, 1.807) is 0 Å². The summed E-state index contributed by atoms with van der Waals surface area (Å²) in [6.07, 6.45) is 3.45. The molecule has 3 N–H and O–H groups in total. The van der Waals surface area contributed by atoms with Gasteiger partial charge in [0.15, 0.2) is 0 Å². The molecule has 1 unspecified atom stereocenters. The number of carbonyl (C=O) groups is 1. The average molecular weight is 198 g/mol. The molecule has 0 aromatic heterocycles. The fourth-order valence-corrected chi connectivity index (χ4v) is 0.953. The summed E-state index contributed by atoms with van der Waals surface area (Å²) in [5, 5.41) is 2.84. The Morgan fingerprint density at radius 3 is 2.64 bits per heavy atom. The number of allylic oxidation sites excluding steroid dienone is 1. The zero-order valence-corrected chi connectivity index (χ0v) is 9.47. The molecule has 3 heteroatoms. The van der Waals surface area contributed by atoms with Crippen molar-refractivity contribution in [3.8, 4) is 0 Å². The number of hydrogen-bond donors (Lipinski definition) is 2. The minimum absolute atomic E-state index is 0.114. The first-order chi connectivity index (χ1) is 6.56. The zero-order chi connectivity index (χ0) is 11.0. The summed E-state index contributed by atoms with van der Waals surface area (Å²) in [6, 6.07) is 0. The van der Waals surface area contributed by atoms with E-state index in [2.05, 4.69) is 12.2 Å². The second-order valence-corrected chi connectivity index (χ2v) is 3.97. The van der Waals surface area contributed by atoms with Gasteiger partial charge in [0.1, 0.15) is 0 Å². The summed E-state index contributed by atoms with van der Waals surface area (Å²) in [5.41, 5.74) is 6.68. The number of rotatable bonds is 6. The lowest BCUT2D eigenvalue weighted by Gasteiger charge is -2.07. The lowest BCUT2D eigenvalue weighted by atomic mass is 10.1. The fourth-order valence-electron chi connectivity index (χ4n) is 0.953. The third kappa shape index (κ3) is 7.80. The molecule has 0 aliphatic heterocycles. The van der Waals surface area contributed by atoms with Crippen LogP contribution in [0.1, 0.15) is 33.6 Å². The predicted molar refractivity (Wildman–Crippen MR) is 59.9 cm³/mol. The Morgan fingerprint density at radius 2 is 2.14 bits per heavy atom. The Bertz CT molecular complexity index is 195. The lowest BCUT2D eigenvalue weighted by molar-refractivity contribution is -0.121. The van der Waals surface area contributed by atoms with Crippen LogP contribution in [0.25, 0.3) is 0 Å². The second-order valence-electron chi connectivity index (χ2n) is 3.97. The van der Waals surface area contributed by atoms with Crippen LogP contribution in [0.4, 0.5) is 0 Å². The van der Waals surface area contributed by atoms with Gasteiger partial charge in [0.05, 0.1) is 0 Å². The molecule has 0 radical (unpaired) electrons. The molecule has 0 aliphatic carbocycles. The van der Waals surface area contributed by atoms with Gasteiger partial charge in [-0.1, -0.05) is 18.6 Å². The highest BCUT2D eigenvalue weighted by Gasteiger charge is 2.03. The highest BCUT2D eigenvalue weighted by Crippen LogP contribution is 2.02. The summed E-state index contributed by atoms with van der Waals surface area (Å²) in [5.74, 6) is 0.548. The van der Waals surface area contributed by atoms with E-state index in [1.807, 2.05) is 19.9 Å². The van der Waals surface area contributed by atoms with Gasteiger partial charge in [0, 0.05) is 13.0 Å². The van der Waals surface area contributed by atoms with Crippen LogP contribution in [0.15, 0.2) is 11.6 Å². The molecule has 0 heterocycles. The molecular weight excluding hydrogens is 176 g/mol. The fraction of sp³-hybridized carbons (Fsp3) is 0.727. The van der Waals surface area contributed by atoms with Crippen molar-refractivity contribution in [1.82, 2.24) is 5.32 Å². The first-order valence-corrected chi connectivity index (χ1v) is 5.16. The van der Waals surface area contributed by atoms with Gasteiger partial charge in [-0.3, -0.25) is 4.79 Å². The highest BCUT2D eigenvalue weighted by molar-refractivity contribution is 5.75. The van der Waals surface area contributed by atoms with Crippen LogP contribution in [0.2, 0.25) is 0 Å². The maximum Gasteiger partial charge on any atom is 0.220 e. The summed E-state index contributed by atoms with van der Waals surface area (Å²) >= 11 is 0. The first kappa shape index (κ1) is 13.2. The summed E-state index contributed by atoms with van der Waals surface area (Å²) in [7, 11) is 0. The molecule has 0 aromatic carbocycles. The quantitative estimate of drug-likeness (QED) is 0.635. The summed E-state index contributed by atoms with van der Waals surface area (Å²) < 4.78 is 0. The van der Waals surface area contributed by atoms with Crippen LogP contribution in [-0.2, 0) is 4.79 Å². The van der Waals surface area contributed by atoms with Crippen LogP contribution in [0.5, 0.6) is 0 Å². The molecule has 0 saturated heterocycles. The van der Waals surface area contributed by atoms with Crippen LogP contribution >= 0.6 is 0 Å². The molecule has 0 bridgehead atoms. The average Bonchev–Trinajstić information content (AvgIpc) is 2.13. The van der Waals surface area contributed by atoms with E-state index in [1.165, 1.54) is 5.57 Å². The third-order valence-corrected chi connectivity index (χ3v) is 2.08. The molecule has 0 rings (SSSR count). The summed E-state index contributed by atoms with van der Waals surface area (Å²) in [4.78, 5) is 11.3. The van der Waals surface area contributed by atoms with Crippen molar-refractivity contribution in [2.24, 2.45) is 11.7 Å². The molecule has 1 amide bonds. The monoisotopic (exact) mass is 198 g/mol. The van der Waals surface area contributed by atoms with E-state index in [-0.39, 0.29) is 5.91 Å². The van der Waals surface area contributed by atoms with Crippen molar-refractivity contribution in [3.63, 3.8) is 0 Å². The van der Waals surface area contributed by atoms with Gasteiger partial charge in [-0.05, 0) is 32.7 Å². The molecule has 14 heavy (non-hydrogen) atoms. The van der Waals surface area contributed by atoms with E-state index in [4.69, 9.17) is 5.73 Å². The van der Waals surface area contributed by atoms with Crippen LogP contribution in [0, 0.1) is 5.92 Å². The first-order valence-electron chi connectivity index (χ1n) is 5.16. The maximum absolute atomic E-state index is 11.3. The molecule has 0 aromatic rings. The van der Waals surface area contributed by atoms with E-state index in [0.29, 0.717) is 25.4 Å². The van der Waals surface area contributed by atoms with Gasteiger partial charge in [-0.15, -0.1) is 0 Å².